The van der Waals surface area contributed by atoms with Crippen molar-refractivity contribution in [1.82, 2.24) is 25.1 Å². The van der Waals surface area contributed by atoms with E-state index >= 15 is 0 Å². The Morgan fingerprint density at radius 1 is 1.09 bits per heavy atom. The molecule has 2 heterocycles. The van der Waals surface area contributed by atoms with Gasteiger partial charge in [-0.3, -0.25) is 4.79 Å². The van der Waals surface area contributed by atoms with E-state index < -0.39 is 0 Å². The Kier molecular flexibility index (Phi) is 7.08. The number of benzene rings is 2. The molecule has 0 spiro atoms. The molecule has 4 rings (SSSR count). The fourth-order valence-electron chi connectivity index (χ4n) is 3.66. The second-order valence-corrected chi connectivity index (χ2v) is 9.10. The molecule has 0 aliphatic heterocycles. The lowest BCUT2D eigenvalue weighted by Crippen LogP contribution is -2.33. The second kappa shape index (κ2) is 10.2. The maximum absolute atomic E-state index is 12.3. The molecule has 0 saturated heterocycles. The molecule has 1 N–H and O–H groups in total. The first kappa shape index (κ1) is 23.0. The van der Waals surface area contributed by atoms with Gasteiger partial charge in [-0.25, -0.2) is 4.98 Å². The zero-order chi connectivity index (χ0) is 23.4. The number of nitrogens with zero attached hydrogens (tertiary/aromatic N) is 4. The molecule has 0 saturated carbocycles. The van der Waals surface area contributed by atoms with Gasteiger partial charge in [0, 0.05) is 29.1 Å². The summed E-state index contributed by atoms with van der Waals surface area (Å²) in [5, 5.41) is 13.7. The number of carbonyl (C=O) groups excluding carboxylic acids is 1. The van der Waals surface area contributed by atoms with Crippen LogP contribution in [-0.2, 0) is 11.3 Å². The highest BCUT2D eigenvalue weighted by Gasteiger charge is 2.18. The summed E-state index contributed by atoms with van der Waals surface area (Å²) in [6.45, 7) is 8.92. The fourth-order valence-corrected chi connectivity index (χ4v) is 4.47. The van der Waals surface area contributed by atoms with Gasteiger partial charge in [0.2, 0.25) is 5.91 Å². The molecule has 2 aromatic carbocycles. The number of para-hydroxylation sites is 1. The van der Waals surface area contributed by atoms with E-state index in [0.29, 0.717) is 12.3 Å². The van der Waals surface area contributed by atoms with Crippen molar-refractivity contribution in [2.24, 2.45) is 0 Å². The number of rotatable bonds is 8. The number of thioether (sulfide) groups is 1. The maximum Gasteiger partial charge on any atom is 0.230 e. The normalized spacial score (nSPS) is 12.1. The molecule has 0 aliphatic rings. The van der Waals surface area contributed by atoms with Crippen LogP contribution in [0.2, 0.25) is 0 Å². The lowest BCUT2D eigenvalue weighted by Gasteiger charge is -2.13. The molecule has 0 aliphatic carbocycles. The summed E-state index contributed by atoms with van der Waals surface area (Å²) in [6, 6.07) is 18.7. The van der Waals surface area contributed by atoms with Crippen molar-refractivity contribution in [3.63, 3.8) is 0 Å². The van der Waals surface area contributed by atoms with Crippen LogP contribution in [-0.4, -0.2) is 37.5 Å². The smallest absolute Gasteiger partial charge is 0.230 e. The third kappa shape index (κ3) is 5.09. The molecule has 0 bridgehead atoms. The highest BCUT2D eigenvalue weighted by molar-refractivity contribution is 7.99. The number of aromatic nitrogens is 4. The van der Waals surface area contributed by atoms with Crippen LogP contribution in [0.15, 0.2) is 59.8 Å². The van der Waals surface area contributed by atoms with Crippen LogP contribution < -0.4 is 5.32 Å². The summed E-state index contributed by atoms with van der Waals surface area (Å²) in [6.07, 6.45) is 0.907. The van der Waals surface area contributed by atoms with E-state index in [-0.39, 0.29) is 11.9 Å². The quantitative estimate of drug-likeness (QED) is 0.353. The number of carbonyl (C=O) groups is 1. The second-order valence-electron chi connectivity index (χ2n) is 8.15. The van der Waals surface area contributed by atoms with E-state index in [2.05, 4.69) is 77.3 Å². The maximum atomic E-state index is 12.3. The van der Waals surface area contributed by atoms with Crippen molar-refractivity contribution in [2.75, 3.05) is 5.75 Å². The van der Waals surface area contributed by atoms with Crippen LogP contribution in [0.1, 0.15) is 32.8 Å². The Labute approximate surface area is 198 Å². The monoisotopic (exact) mass is 459 g/mol. The molecule has 33 heavy (non-hydrogen) atoms. The average Bonchev–Trinajstić information content (AvgIpc) is 3.25. The number of hydrogen-bond donors (Lipinski definition) is 1. The highest BCUT2D eigenvalue weighted by atomic mass is 32.2. The Bertz CT molecular complexity index is 1270. The first-order valence-electron chi connectivity index (χ1n) is 11.3. The molecular weight excluding hydrogens is 430 g/mol. The van der Waals surface area contributed by atoms with Gasteiger partial charge in [0.25, 0.3) is 0 Å². The number of amides is 1. The molecule has 7 heteroatoms. The van der Waals surface area contributed by atoms with Crippen molar-refractivity contribution in [2.45, 2.75) is 51.9 Å². The van der Waals surface area contributed by atoms with Crippen molar-refractivity contribution in [1.29, 1.82) is 0 Å². The zero-order valence-electron chi connectivity index (χ0n) is 19.5. The SMILES string of the molecule is CCC(C)NC(=O)CSc1nnc(-c2cc(-c3ccc(C)cc3)nc3ccccc23)n1CC. The molecule has 0 fully saturated rings. The number of fused-ring (bicyclic) bond motifs is 1. The van der Waals surface area contributed by atoms with Crippen LogP contribution in [0.5, 0.6) is 0 Å². The molecule has 6 nitrogen and oxygen atoms in total. The minimum Gasteiger partial charge on any atom is -0.353 e. The van der Waals surface area contributed by atoms with E-state index in [1.165, 1.54) is 17.3 Å². The van der Waals surface area contributed by atoms with Crippen molar-refractivity contribution in [3.8, 4) is 22.6 Å². The van der Waals surface area contributed by atoms with Gasteiger partial charge in [0.1, 0.15) is 0 Å². The summed E-state index contributed by atoms with van der Waals surface area (Å²) in [5.74, 6) is 1.11. The van der Waals surface area contributed by atoms with Gasteiger partial charge in [-0.1, -0.05) is 66.7 Å². The molecule has 1 amide bonds. The third-order valence-electron chi connectivity index (χ3n) is 5.69. The zero-order valence-corrected chi connectivity index (χ0v) is 20.3. The number of hydrogen-bond acceptors (Lipinski definition) is 5. The molecule has 1 atom stereocenters. The van der Waals surface area contributed by atoms with Crippen LogP contribution in [0, 0.1) is 6.92 Å². The molecule has 170 valence electrons. The highest BCUT2D eigenvalue weighted by Crippen LogP contribution is 2.33. The summed E-state index contributed by atoms with van der Waals surface area (Å²) in [7, 11) is 0. The van der Waals surface area contributed by atoms with Crippen molar-refractivity contribution in [3.05, 3.63) is 60.2 Å². The lowest BCUT2D eigenvalue weighted by molar-refractivity contribution is -0.119. The van der Waals surface area contributed by atoms with Gasteiger partial charge in [0.05, 0.1) is 17.0 Å². The summed E-state index contributed by atoms with van der Waals surface area (Å²) < 4.78 is 2.07. The third-order valence-corrected chi connectivity index (χ3v) is 6.66. The van der Waals surface area contributed by atoms with Gasteiger partial charge in [-0.05, 0) is 39.3 Å². The molecule has 4 aromatic rings. The standard InChI is InChI=1S/C26H29N5OS/c1-5-18(4)27-24(32)16-33-26-30-29-25(31(26)6-2)21-15-23(19-13-11-17(3)12-14-19)28-22-10-8-7-9-20(21)22/h7-15,18H,5-6,16H2,1-4H3,(H,27,32). The van der Waals surface area contributed by atoms with Crippen LogP contribution in [0.25, 0.3) is 33.5 Å². The minimum absolute atomic E-state index is 0.0116. The van der Waals surface area contributed by atoms with Gasteiger partial charge >= 0.3 is 0 Å². The van der Waals surface area contributed by atoms with Gasteiger partial charge in [-0.2, -0.15) is 0 Å². The topological polar surface area (TPSA) is 72.7 Å². The van der Waals surface area contributed by atoms with Crippen molar-refractivity contribution < 1.29 is 4.79 Å². The first-order chi connectivity index (χ1) is 16.0. The fraction of sp³-hybridized carbons (Fsp3) is 0.308. The molecule has 1 unspecified atom stereocenters. The van der Waals surface area contributed by atoms with E-state index in [1.54, 1.807) is 0 Å². The predicted octanol–water partition coefficient (Wildman–Crippen LogP) is 5.50. The average molecular weight is 460 g/mol. The van der Waals surface area contributed by atoms with Crippen LogP contribution in [0.3, 0.4) is 0 Å². The van der Waals surface area contributed by atoms with Gasteiger partial charge < -0.3 is 9.88 Å². The van der Waals surface area contributed by atoms with E-state index in [9.17, 15) is 4.79 Å². The van der Waals surface area contributed by atoms with E-state index in [0.717, 1.165) is 45.1 Å². The Balaban J connectivity index is 1.72. The summed E-state index contributed by atoms with van der Waals surface area (Å²) >= 11 is 1.42. The van der Waals surface area contributed by atoms with Gasteiger partial charge in [-0.15, -0.1) is 10.2 Å². The number of pyridine rings is 1. The molecular formula is C26H29N5OS. The largest absolute Gasteiger partial charge is 0.353 e. The van der Waals surface area contributed by atoms with Crippen LogP contribution in [0.4, 0.5) is 0 Å². The van der Waals surface area contributed by atoms with Crippen LogP contribution >= 0.6 is 11.8 Å². The van der Waals surface area contributed by atoms with Gasteiger partial charge in [0.15, 0.2) is 11.0 Å². The Hall–Kier alpha value is -3.19. The summed E-state index contributed by atoms with van der Waals surface area (Å²) in [4.78, 5) is 17.2. The van der Waals surface area contributed by atoms with E-state index in [1.807, 2.05) is 25.1 Å². The first-order valence-corrected chi connectivity index (χ1v) is 12.3. The van der Waals surface area contributed by atoms with E-state index in [4.69, 9.17) is 4.98 Å². The molecule has 2 aromatic heterocycles. The lowest BCUT2D eigenvalue weighted by atomic mass is 10.0. The summed E-state index contributed by atoms with van der Waals surface area (Å²) in [5.41, 5.74) is 5.08. The number of aryl methyl sites for hydroxylation is 1. The van der Waals surface area contributed by atoms with Crippen molar-refractivity contribution >= 4 is 28.6 Å². The minimum atomic E-state index is 0.0116. The molecule has 0 radical (unpaired) electrons. The number of nitrogens with one attached hydrogen (secondary N) is 1. The Morgan fingerprint density at radius 2 is 1.85 bits per heavy atom. The Morgan fingerprint density at radius 3 is 2.58 bits per heavy atom. The predicted molar refractivity (Wildman–Crippen MR) is 135 cm³/mol.